The molecule has 3 heterocycles. The Balaban J connectivity index is 1.72. The summed E-state index contributed by atoms with van der Waals surface area (Å²) in [6.45, 7) is 10.4. The van der Waals surface area contributed by atoms with Crippen LogP contribution in [0, 0.1) is 12.8 Å². The second-order valence-electron chi connectivity index (χ2n) is 8.01. The van der Waals surface area contributed by atoms with Crippen LogP contribution < -0.4 is 10.6 Å². The molecule has 3 nitrogen and oxygen atoms in total. The fraction of sp³-hybridized carbons (Fsp3) is 0.619. The van der Waals surface area contributed by atoms with Gasteiger partial charge in [-0.1, -0.05) is 11.6 Å². The summed E-state index contributed by atoms with van der Waals surface area (Å²) in [6, 6.07) is 8.03. The Bertz CT molecular complexity index is 724. The molecular weight excluding hydrogens is 294 g/mol. The van der Waals surface area contributed by atoms with Gasteiger partial charge in [-0.25, -0.2) is 0 Å². The highest BCUT2D eigenvalue weighted by molar-refractivity contribution is 5.87. The molecule has 1 aromatic carbocycles. The average Bonchev–Trinajstić information content (AvgIpc) is 2.86. The van der Waals surface area contributed by atoms with Crippen molar-refractivity contribution in [2.24, 2.45) is 5.92 Å². The fourth-order valence-electron chi connectivity index (χ4n) is 4.85. The lowest BCUT2D eigenvalue weighted by Crippen LogP contribution is -2.36. The lowest BCUT2D eigenvalue weighted by molar-refractivity contribution is 0.335. The van der Waals surface area contributed by atoms with E-state index in [-0.39, 0.29) is 0 Å². The number of aromatic nitrogens is 1. The molecule has 0 radical (unpaired) electrons. The van der Waals surface area contributed by atoms with E-state index in [4.69, 9.17) is 0 Å². The summed E-state index contributed by atoms with van der Waals surface area (Å²) in [7, 11) is 0. The Morgan fingerprint density at radius 1 is 1.17 bits per heavy atom. The van der Waals surface area contributed by atoms with Gasteiger partial charge >= 0.3 is 0 Å². The number of nitrogens with one attached hydrogen (secondary N) is 2. The van der Waals surface area contributed by atoms with Gasteiger partial charge in [0.1, 0.15) is 0 Å². The SMILES string of the molecule is Cc1ccc2c(c1)c1c(n2CCC2CCNCC2)CC(C)NC1C. The minimum atomic E-state index is 0.452. The van der Waals surface area contributed by atoms with Gasteiger partial charge in [-0.05, 0) is 76.7 Å². The largest absolute Gasteiger partial charge is 0.344 e. The molecule has 2 aliphatic rings. The van der Waals surface area contributed by atoms with Crippen molar-refractivity contribution >= 4 is 10.9 Å². The van der Waals surface area contributed by atoms with Crippen LogP contribution >= 0.6 is 0 Å². The van der Waals surface area contributed by atoms with Gasteiger partial charge in [0.25, 0.3) is 0 Å². The number of fused-ring (bicyclic) bond motifs is 3. The summed E-state index contributed by atoms with van der Waals surface area (Å²) in [5, 5.41) is 8.71. The lowest BCUT2D eigenvalue weighted by Gasteiger charge is -2.29. The first-order chi connectivity index (χ1) is 11.6. The van der Waals surface area contributed by atoms with Crippen LogP contribution in [0.25, 0.3) is 10.9 Å². The molecule has 1 fully saturated rings. The third-order valence-electron chi connectivity index (χ3n) is 6.06. The highest BCUT2D eigenvalue weighted by Gasteiger charge is 2.28. The van der Waals surface area contributed by atoms with Crippen molar-refractivity contribution in [1.29, 1.82) is 0 Å². The second-order valence-corrected chi connectivity index (χ2v) is 8.01. The molecule has 2 atom stereocenters. The Morgan fingerprint density at radius 2 is 1.96 bits per heavy atom. The third kappa shape index (κ3) is 2.89. The minimum Gasteiger partial charge on any atom is -0.344 e. The van der Waals surface area contributed by atoms with Crippen LogP contribution in [-0.2, 0) is 13.0 Å². The average molecular weight is 325 g/mol. The molecule has 0 bridgehead atoms. The Labute approximate surface area is 145 Å². The van der Waals surface area contributed by atoms with E-state index in [1.54, 1.807) is 11.3 Å². The maximum Gasteiger partial charge on any atom is 0.0486 e. The zero-order valence-electron chi connectivity index (χ0n) is 15.4. The van der Waals surface area contributed by atoms with Crippen LogP contribution in [0.1, 0.15) is 56.0 Å². The first kappa shape index (κ1) is 16.2. The highest BCUT2D eigenvalue weighted by atomic mass is 15.0. The Kier molecular flexibility index (Phi) is 4.40. The summed E-state index contributed by atoms with van der Waals surface area (Å²) in [5.41, 5.74) is 5.95. The van der Waals surface area contributed by atoms with E-state index in [1.807, 2.05) is 0 Å². The molecule has 24 heavy (non-hydrogen) atoms. The summed E-state index contributed by atoms with van der Waals surface area (Å²) in [4.78, 5) is 0. The van der Waals surface area contributed by atoms with E-state index in [9.17, 15) is 0 Å². The van der Waals surface area contributed by atoms with Gasteiger partial charge in [0.15, 0.2) is 0 Å². The number of aryl methyl sites for hydroxylation is 2. The van der Waals surface area contributed by atoms with Crippen molar-refractivity contribution in [3.05, 3.63) is 35.0 Å². The van der Waals surface area contributed by atoms with E-state index in [0.717, 1.165) is 12.3 Å². The zero-order valence-corrected chi connectivity index (χ0v) is 15.4. The van der Waals surface area contributed by atoms with Crippen LogP contribution in [0.3, 0.4) is 0 Å². The van der Waals surface area contributed by atoms with E-state index >= 15 is 0 Å². The van der Waals surface area contributed by atoms with Crippen LogP contribution in [0.2, 0.25) is 0 Å². The van der Waals surface area contributed by atoms with Crippen molar-refractivity contribution in [2.75, 3.05) is 13.1 Å². The van der Waals surface area contributed by atoms with Crippen molar-refractivity contribution < 1.29 is 0 Å². The van der Waals surface area contributed by atoms with Crippen molar-refractivity contribution in [2.45, 2.75) is 65.1 Å². The molecule has 3 heteroatoms. The van der Waals surface area contributed by atoms with Crippen LogP contribution in [0.4, 0.5) is 0 Å². The van der Waals surface area contributed by atoms with Gasteiger partial charge in [0, 0.05) is 41.6 Å². The highest BCUT2D eigenvalue weighted by Crippen LogP contribution is 2.36. The van der Waals surface area contributed by atoms with Gasteiger partial charge in [-0.3, -0.25) is 0 Å². The first-order valence-electron chi connectivity index (χ1n) is 9.72. The molecule has 1 aromatic heterocycles. The van der Waals surface area contributed by atoms with E-state index < -0.39 is 0 Å². The van der Waals surface area contributed by atoms with Gasteiger partial charge in [0.05, 0.1) is 0 Å². The Hall–Kier alpha value is -1.32. The number of rotatable bonds is 3. The van der Waals surface area contributed by atoms with Crippen LogP contribution in [0.5, 0.6) is 0 Å². The first-order valence-corrected chi connectivity index (χ1v) is 9.72. The monoisotopic (exact) mass is 325 g/mol. The summed E-state index contributed by atoms with van der Waals surface area (Å²) in [6.07, 6.45) is 5.16. The number of nitrogens with zero attached hydrogens (tertiary/aromatic N) is 1. The normalized spacial score (nSPS) is 25.1. The van der Waals surface area contributed by atoms with Crippen molar-refractivity contribution in [3.8, 4) is 0 Å². The smallest absolute Gasteiger partial charge is 0.0486 e. The molecule has 2 aliphatic heterocycles. The topological polar surface area (TPSA) is 29.0 Å². The zero-order chi connectivity index (χ0) is 16.7. The predicted octanol–water partition coefficient (Wildman–Crippen LogP) is 3.93. The summed E-state index contributed by atoms with van der Waals surface area (Å²) in [5.74, 6) is 0.890. The van der Waals surface area contributed by atoms with E-state index in [2.05, 4.69) is 54.2 Å². The van der Waals surface area contributed by atoms with Gasteiger partial charge in [-0.2, -0.15) is 0 Å². The second kappa shape index (κ2) is 6.53. The Morgan fingerprint density at radius 3 is 2.75 bits per heavy atom. The maximum atomic E-state index is 3.74. The molecule has 4 rings (SSSR count). The van der Waals surface area contributed by atoms with Crippen LogP contribution in [0.15, 0.2) is 18.2 Å². The number of benzene rings is 1. The molecule has 1 saturated heterocycles. The van der Waals surface area contributed by atoms with E-state index in [0.29, 0.717) is 12.1 Å². The van der Waals surface area contributed by atoms with Gasteiger partial charge in [-0.15, -0.1) is 0 Å². The minimum absolute atomic E-state index is 0.452. The van der Waals surface area contributed by atoms with Gasteiger partial charge < -0.3 is 15.2 Å². The molecule has 0 saturated carbocycles. The molecule has 0 aliphatic carbocycles. The van der Waals surface area contributed by atoms with Gasteiger partial charge in [0.2, 0.25) is 0 Å². The molecule has 2 unspecified atom stereocenters. The number of hydrogen-bond donors (Lipinski definition) is 2. The van der Waals surface area contributed by atoms with Crippen LogP contribution in [-0.4, -0.2) is 23.7 Å². The third-order valence-corrected chi connectivity index (χ3v) is 6.06. The quantitative estimate of drug-likeness (QED) is 0.895. The van der Waals surface area contributed by atoms with E-state index in [1.165, 1.54) is 55.4 Å². The number of hydrogen-bond acceptors (Lipinski definition) is 2. The lowest BCUT2D eigenvalue weighted by atomic mass is 9.94. The fourth-order valence-corrected chi connectivity index (χ4v) is 4.85. The standard InChI is InChI=1S/C21H31N3/c1-14-4-5-19-18(12-14)21-16(3)23-15(2)13-20(21)24(19)11-8-17-6-9-22-10-7-17/h4-5,12,15-17,22-23H,6-11,13H2,1-3H3. The van der Waals surface area contributed by atoms with Crippen molar-refractivity contribution in [1.82, 2.24) is 15.2 Å². The maximum absolute atomic E-state index is 3.74. The molecule has 2 N–H and O–H groups in total. The van der Waals surface area contributed by atoms with Crippen molar-refractivity contribution in [3.63, 3.8) is 0 Å². The summed E-state index contributed by atoms with van der Waals surface area (Å²) >= 11 is 0. The molecule has 2 aromatic rings. The molecule has 130 valence electrons. The molecular formula is C21H31N3. The molecule has 0 spiro atoms. The number of piperidine rings is 1. The predicted molar refractivity (Wildman–Crippen MR) is 102 cm³/mol. The summed E-state index contributed by atoms with van der Waals surface area (Å²) < 4.78 is 2.65. The molecule has 0 amide bonds.